The minimum absolute atomic E-state index is 0.469. The van der Waals surface area contributed by atoms with Gasteiger partial charge in [-0.15, -0.1) is 0 Å². The summed E-state index contributed by atoms with van der Waals surface area (Å²) in [6.45, 7) is 7.72. The standard InChI is InChI=1S/C15H21BrN2O/c1-11(2)10-18(8-4-7-17)15-6-5-13(12(3)19)9-14(15)16/h5-6,9,11-12,19H,4,8,10H2,1-3H3. The van der Waals surface area contributed by atoms with E-state index in [9.17, 15) is 5.11 Å². The summed E-state index contributed by atoms with van der Waals surface area (Å²) in [4.78, 5) is 2.21. The Balaban J connectivity index is 2.98. The molecule has 1 aromatic carbocycles. The molecule has 104 valence electrons. The number of nitrogens with zero attached hydrogens (tertiary/aromatic N) is 2. The first-order valence-corrected chi connectivity index (χ1v) is 7.34. The third-order valence-corrected chi connectivity index (χ3v) is 3.51. The van der Waals surface area contributed by atoms with Crippen LogP contribution in [0.4, 0.5) is 5.69 Å². The fourth-order valence-corrected chi connectivity index (χ4v) is 2.62. The summed E-state index contributed by atoms with van der Waals surface area (Å²) in [6.07, 6.45) is 0.0418. The summed E-state index contributed by atoms with van der Waals surface area (Å²) in [7, 11) is 0. The van der Waals surface area contributed by atoms with Crippen LogP contribution < -0.4 is 4.90 Å². The molecule has 0 saturated heterocycles. The molecule has 0 spiro atoms. The van der Waals surface area contributed by atoms with Gasteiger partial charge in [0.2, 0.25) is 0 Å². The summed E-state index contributed by atoms with van der Waals surface area (Å²) >= 11 is 3.56. The fraction of sp³-hybridized carbons (Fsp3) is 0.533. The highest BCUT2D eigenvalue weighted by Crippen LogP contribution is 2.30. The number of hydrogen-bond acceptors (Lipinski definition) is 3. The first-order valence-electron chi connectivity index (χ1n) is 6.55. The van der Waals surface area contributed by atoms with Crippen molar-refractivity contribution in [3.63, 3.8) is 0 Å². The van der Waals surface area contributed by atoms with Crippen molar-refractivity contribution in [2.45, 2.75) is 33.3 Å². The van der Waals surface area contributed by atoms with Crippen LogP contribution in [0.15, 0.2) is 22.7 Å². The van der Waals surface area contributed by atoms with E-state index >= 15 is 0 Å². The van der Waals surface area contributed by atoms with Crippen molar-refractivity contribution >= 4 is 21.6 Å². The third-order valence-electron chi connectivity index (χ3n) is 2.87. The maximum absolute atomic E-state index is 9.59. The molecule has 1 aromatic rings. The molecule has 0 bridgehead atoms. The van der Waals surface area contributed by atoms with Crippen LogP contribution in [-0.4, -0.2) is 18.2 Å². The molecule has 1 rings (SSSR count). The minimum Gasteiger partial charge on any atom is -0.389 e. The molecular weight excluding hydrogens is 304 g/mol. The fourth-order valence-electron chi connectivity index (χ4n) is 1.98. The summed E-state index contributed by atoms with van der Waals surface area (Å²) in [5.74, 6) is 0.530. The van der Waals surface area contributed by atoms with E-state index in [0.717, 1.165) is 28.8 Å². The van der Waals surface area contributed by atoms with Crippen LogP contribution in [0.1, 0.15) is 38.9 Å². The maximum Gasteiger partial charge on any atom is 0.0762 e. The van der Waals surface area contributed by atoms with Crippen LogP contribution in [0, 0.1) is 17.2 Å². The molecule has 4 heteroatoms. The highest BCUT2D eigenvalue weighted by molar-refractivity contribution is 9.10. The van der Waals surface area contributed by atoms with Crippen LogP contribution in [0.25, 0.3) is 0 Å². The van der Waals surface area contributed by atoms with Gasteiger partial charge < -0.3 is 10.0 Å². The van der Waals surface area contributed by atoms with Gasteiger partial charge in [-0.05, 0) is 46.5 Å². The topological polar surface area (TPSA) is 47.3 Å². The molecule has 0 amide bonds. The number of nitriles is 1. The SMILES string of the molecule is CC(C)CN(CCC#N)c1ccc(C(C)O)cc1Br. The number of halogens is 1. The molecule has 0 aliphatic heterocycles. The smallest absolute Gasteiger partial charge is 0.0762 e. The Bertz CT molecular complexity index is 452. The lowest BCUT2D eigenvalue weighted by molar-refractivity contribution is 0.199. The van der Waals surface area contributed by atoms with Gasteiger partial charge in [0.05, 0.1) is 24.3 Å². The monoisotopic (exact) mass is 324 g/mol. The van der Waals surface area contributed by atoms with Crippen molar-refractivity contribution in [1.82, 2.24) is 0 Å². The molecule has 0 aliphatic carbocycles. The summed E-state index contributed by atoms with van der Waals surface area (Å²) in [6, 6.07) is 8.08. The van der Waals surface area contributed by atoms with E-state index < -0.39 is 6.10 Å². The maximum atomic E-state index is 9.59. The number of hydrogen-bond donors (Lipinski definition) is 1. The van der Waals surface area contributed by atoms with Gasteiger partial charge in [0.1, 0.15) is 0 Å². The molecule has 19 heavy (non-hydrogen) atoms. The predicted molar refractivity (Wildman–Crippen MR) is 82.1 cm³/mol. The minimum atomic E-state index is -0.469. The van der Waals surface area contributed by atoms with Crippen LogP contribution in [0.2, 0.25) is 0 Å². The van der Waals surface area contributed by atoms with Gasteiger partial charge >= 0.3 is 0 Å². The summed E-state index contributed by atoms with van der Waals surface area (Å²) < 4.78 is 0.962. The van der Waals surface area contributed by atoms with Crippen molar-refractivity contribution in [2.24, 2.45) is 5.92 Å². The van der Waals surface area contributed by atoms with E-state index in [-0.39, 0.29) is 0 Å². The second-order valence-corrected chi connectivity index (χ2v) is 5.99. The molecule has 0 aliphatic rings. The van der Waals surface area contributed by atoms with Gasteiger partial charge in [-0.2, -0.15) is 5.26 Å². The van der Waals surface area contributed by atoms with Crippen molar-refractivity contribution in [1.29, 1.82) is 5.26 Å². The van der Waals surface area contributed by atoms with E-state index in [4.69, 9.17) is 5.26 Å². The first-order chi connectivity index (χ1) is 8.95. The molecule has 0 aromatic heterocycles. The Morgan fingerprint density at radius 3 is 2.53 bits per heavy atom. The van der Waals surface area contributed by atoms with E-state index in [1.54, 1.807) is 6.92 Å². The Kier molecular flexibility index (Phi) is 6.33. The van der Waals surface area contributed by atoms with Gasteiger partial charge in [-0.3, -0.25) is 0 Å². The van der Waals surface area contributed by atoms with Crippen molar-refractivity contribution in [3.8, 4) is 6.07 Å². The number of aliphatic hydroxyl groups excluding tert-OH is 1. The Labute approximate surface area is 124 Å². The van der Waals surface area contributed by atoms with Crippen molar-refractivity contribution in [2.75, 3.05) is 18.0 Å². The highest BCUT2D eigenvalue weighted by Gasteiger charge is 2.13. The second-order valence-electron chi connectivity index (χ2n) is 5.13. The zero-order chi connectivity index (χ0) is 14.4. The van der Waals surface area contributed by atoms with Gasteiger partial charge in [0.25, 0.3) is 0 Å². The number of benzene rings is 1. The van der Waals surface area contributed by atoms with Gasteiger partial charge in [0, 0.05) is 17.6 Å². The second kappa shape index (κ2) is 7.52. The van der Waals surface area contributed by atoms with E-state index in [2.05, 4.69) is 40.7 Å². The first kappa shape index (κ1) is 16.0. The quantitative estimate of drug-likeness (QED) is 0.863. The van der Waals surface area contributed by atoms with E-state index in [1.165, 1.54) is 0 Å². The normalized spacial score (nSPS) is 12.3. The van der Waals surface area contributed by atoms with Gasteiger partial charge in [-0.1, -0.05) is 19.9 Å². The zero-order valence-electron chi connectivity index (χ0n) is 11.7. The van der Waals surface area contributed by atoms with Crippen molar-refractivity contribution in [3.05, 3.63) is 28.2 Å². The van der Waals surface area contributed by atoms with Crippen LogP contribution >= 0.6 is 15.9 Å². The van der Waals surface area contributed by atoms with Crippen LogP contribution in [0.5, 0.6) is 0 Å². The van der Waals surface area contributed by atoms with Crippen LogP contribution in [0.3, 0.4) is 0 Å². The number of aliphatic hydroxyl groups is 1. The zero-order valence-corrected chi connectivity index (χ0v) is 13.3. The average Bonchev–Trinajstić information content (AvgIpc) is 2.34. The Morgan fingerprint density at radius 2 is 2.05 bits per heavy atom. The number of anilines is 1. The lowest BCUT2D eigenvalue weighted by Gasteiger charge is -2.27. The van der Waals surface area contributed by atoms with Gasteiger partial charge in [0.15, 0.2) is 0 Å². The van der Waals surface area contributed by atoms with E-state index in [0.29, 0.717) is 12.3 Å². The lowest BCUT2D eigenvalue weighted by Crippen LogP contribution is -2.28. The Morgan fingerprint density at radius 1 is 1.37 bits per heavy atom. The largest absolute Gasteiger partial charge is 0.389 e. The molecule has 0 heterocycles. The molecule has 0 radical (unpaired) electrons. The molecule has 0 saturated carbocycles. The molecule has 1 N–H and O–H groups in total. The van der Waals surface area contributed by atoms with Gasteiger partial charge in [-0.25, -0.2) is 0 Å². The van der Waals surface area contributed by atoms with Crippen LogP contribution in [-0.2, 0) is 0 Å². The highest BCUT2D eigenvalue weighted by atomic mass is 79.9. The molecule has 0 fully saturated rings. The molecular formula is C15H21BrN2O. The summed E-state index contributed by atoms with van der Waals surface area (Å²) in [5.41, 5.74) is 1.97. The average molecular weight is 325 g/mol. The van der Waals surface area contributed by atoms with Crippen molar-refractivity contribution < 1.29 is 5.11 Å². The number of rotatable bonds is 6. The lowest BCUT2D eigenvalue weighted by atomic mass is 10.1. The predicted octanol–water partition coefficient (Wildman–Crippen LogP) is 3.88. The molecule has 1 unspecified atom stereocenters. The summed E-state index contributed by atoms with van der Waals surface area (Å²) in [5, 5.41) is 18.3. The molecule has 1 atom stereocenters. The molecule has 3 nitrogen and oxygen atoms in total. The van der Waals surface area contributed by atoms with E-state index in [1.807, 2.05) is 18.2 Å². The third kappa shape index (κ3) is 4.85. The Hall–Kier alpha value is -1.05.